The highest BCUT2D eigenvalue weighted by Gasteiger charge is 2.30. The van der Waals surface area contributed by atoms with E-state index >= 15 is 0 Å². The maximum Gasteiger partial charge on any atom is 0.251 e. The Hall–Kier alpha value is -1.45. The molecule has 1 N–H and O–H groups in total. The summed E-state index contributed by atoms with van der Waals surface area (Å²) in [6, 6.07) is 3.04. The lowest BCUT2D eigenvalue weighted by atomic mass is 10.0. The first-order valence-corrected chi connectivity index (χ1v) is 12.8. The number of nitrogens with one attached hydrogen (secondary N) is 1. The summed E-state index contributed by atoms with van der Waals surface area (Å²) < 4.78 is 50.9. The fraction of sp³-hybridized carbons (Fsp3) is 0.632. The predicted molar refractivity (Wildman–Crippen MR) is 110 cm³/mol. The van der Waals surface area contributed by atoms with E-state index in [4.69, 9.17) is 0 Å². The number of hydrogen-bond acceptors (Lipinski definition) is 5. The minimum atomic E-state index is -3.68. The molecule has 28 heavy (non-hydrogen) atoms. The third-order valence-electron chi connectivity index (χ3n) is 5.38. The van der Waals surface area contributed by atoms with E-state index < -0.39 is 25.8 Å². The lowest BCUT2D eigenvalue weighted by Crippen LogP contribution is -2.38. The van der Waals surface area contributed by atoms with E-state index in [2.05, 4.69) is 12.2 Å². The smallest absolute Gasteiger partial charge is 0.251 e. The van der Waals surface area contributed by atoms with Crippen molar-refractivity contribution in [2.24, 2.45) is 5.92 Å². The van der Waals surface area contributed by atoms with Crippen LogP contribution in [0.3, 0.4) is 0 Å². The molecule has 9 heteroatoms. The first-order chi connectivity index (χ1) is 13.0. The Labute approximate surface area is 168 Å². The molecule has 2 rings (SSSR count). The highest BCUT2D eigenvalue weighted by Crippen LogP contribution is 2.28. The minimum Gasteiger partial charge on any atom is -0.351 e. The molecule has 7 nitrogen and oxygen atoms in total. The van der Waals surface area contributed by atoms with E-state index in [-0.39, 0.29) is 28.5 Å². The molecule has 1 amide bonds. The van der Waals surface area contributed by atoms with Gasteiger partial charge in [0.05, 0.1) is 10.6 Å². The molecule has 0 bridgehead atoms. The molecule has 0 unspecified atom stereocenters. The second kappa shape index (κ2) is 8.92. The summed E-state index contributed by atoms with van der Waals surface area (Å²) in [5, 5.41) is 2.57. The largest absolute Gasteiger partial charge is 0.351 e. The zero-order chi connectivity index (χ0) is 21.1. The van der Waals surface area contributed by atoms with Gasteiger partial charge in [0.1, 0.15) is 0 Å². The molecule has 1 aliphatic rings. The first kappa shape index (κ1) is 22.8. The number of hydrogen-bond donors (Lipinski definition) is 1. The number of sulfonamides is 1. The van der Waals surface area contributed by atoms with Crippen LogP contribution in [0.15, 0.2) is 17.0 Å². The highest BCUT2D eigenvalue weighted by atomic mass is 32.2. The average molecular weight is 431 g/mol. The van der Waals surface area contributed by atoms with Gasteiger partial charge in [0.25, 0.3) is 5.91 Å². The molecule has 0 aliphatic carbocycles. The molecule has 1 saturated heterocycles. The Kier molecular flexibility index (Phi) is 7.27. The summed E-state index contributed by atoms with van der Waals surface area (Å²) in [6.45, 7) is 8.13. The number of rotatable bonds is 7. The molecule has 1 aromatic carbocycles. The van der Waals surface area contributed by atoms with Crippen molar-refractivity contribution in [1.82, 2.24) is 9.62 Å². The molecule has 1 fully saturated rings. The Balaban J connectivity index is 2.25. The van der Waals surface area contributed by atoms with Crippen molar-refractivity contribution >= 4 is 25.8 Å². The van der Waals surface area contributed by atoms with Crippen molar-refractivity contribution in [2.45, 2.75) is 45.4 Å². The van der Waals surface area contributed by atoms with Gasteiger partial charge < -0.3 is 5.32 Å². The van der Waals surface area contributed by atoms with Crippen LogP contribution in [0.4, 0.5) is 0 Å². The van der Waals surface area contributed by atoms with Crippen molar-refractivity contribution in [3.8, 4) is 0 Å². The second-order valence-corrected chi connectivity index (χ2v) is 11.9. The molecule has 0 radical (unpaired) electrons. The molecule has 1 aliphatic heterocycles. The number of sulfone groups is 1. The van der Waals surface area contributed by atoms with Gasteiger partial charge >= 0.3 is 0 Å². The maximum absolute atomic E-state index is 13.1. The summed E-state index contributed by atoms with van der Waals surface area (Å²) in [5.41, 5.74) is 1.56. The molecule has 0 aromatic heterocycles. The van der Waals surface area contributed by atoms with Crippen LogP contribution >= 0.6 is 0 Å². The van der Waals surface area contributed by atoms with Crippen molar-refractivity contribution in [3.05, 3.63) is 28.8 Å². The monoisotopic (exact) mass is 430 g/mol. The molecule has 0 saturated carbocycles. The summed E-state index contributed by atoms with van der Waals surface area (Å²) >= 11 is 0. The fourth-order valence-corrected chi connectivity index (χ4v) is 5.65. The van der Waals surface area contributed by atoms with E-state index in [1.807, 2.05) is 0 Å². The lowest BCUT2D eigenvalue weighted by Gasteiger charge is -2.30. The van der Waals surface area contributed by atoms with Gasteiger partial charge in [0, 0.05) is 31.0 Å². The van der Waals surface area contributed by atoms with Gasteiger partial charge in [0.15, 0.2) is 9.84 Å². The topological polar surface area (TPSA) is 101 Å². The van der Waals surface area contributed by atoms with Gasteiger partial charge in [-0.1, -0.05) is 13.8 Å². The molecule has 158 valence electrons. The van der Waals surface area contributed by atoms with Crippen LogP contribution < -0.4 is 5.32 Å². The van der Waals surface area contributed by atoms with Crippen LogP contribution in [0, 0.1) is 19.8 Å². The summed E-state index contributed by atoms with van der Waals surface area (Å²) in [4.78, 5) is 12.6. The van der Waals surface area contributed by atoms with Gasteiger partial charge in [-0.3, -0.25) is 4.79 Å². The second-order valence-electron chi connectivity index (χ2n) is 7.50. The van der Waals surface area contributed by atoms with Crippen molar-refractivity contribution in [3.63, 3.8) is 0 Å². The SMILES string of the molecule is CCS(=O)(=O)CCNC(=O)c1cc(C)c(C)c(S(=O)(=O)N2CCC(C)CC2)c1. The Morgan fingerprint density at radius 2 is 1.75 bits per heavy atom. The summed E-state index contributed by atoms with van der Waals surface area (Å²) in [6.07, 6.45) is 1.65. The number of carbonyl (C=O) groups excluding carboxylic acids is 1. The lowest BCUT2D eigenvalue weighted by molar-refractivity contribution is 0.0956. The van der Waals surface area contributed by atoms with Crippen LogP contribution in [0.1, 0.15) is 48.2 Å². The third kappa shape index (κ3) is 5.33. The van der Waals surface area contributed by atoms with Crippen LogP contribution in [-0.4, -0.2) is 58.2 Å². The van der Waals surface area contributed by atoms with E-state index in [1.54, 1.807) is 26.8 Å². The molecule has 0 spiro atoms. The van der Waals surface area contributed by atoms with Crippen molar-refractivity contribution in [1.29, 1.82) is 0 Å². The zero-order valence-electron chi connectivity index (χ0n) is 17.0. The molecule has 0 atom stereocenters. The summed E-state index contributed by atoms with van der Waals surface area (Å²) in [5.74, 6) is -0.0930. The molecular weight excluding hydrogens is 400 g/mol. The third-order valence-corrected chi connectivity index (χ3v) is 9.11. The van der Waals surface area contributed by atoms with Gasteiger partial charge in [-0.15, -0.1) is 0 Å². The van der Waals surface area contributed by atoms with Gasteiger partial charge in [-0.25, -0.2) is 16.8 Å². The van der Waals surface area contributed by atoms with E-state index in [0.29, 0.717) is 30.1 Å². The number of amides is 1. The predicted octanol–water partition coefficient (Wildman–Crippen LogP) is 1.89. The fourth-order valence-electron chi connectivity index (χ4n) is 3.16. The normalized spacial score (nSPS) is 16.9. The van der Waals surface area contributed by atoms with Crippen molar-refractivity contribution in [2.75, 3.05) is 31.1 Å². The number of nitrogens with zero attached hydrogens (tertiary/aromatic N) is 1. The Morgan fingerprint density at radius 1 is 1.14 bits per heavy atom. The maximum atomic E-state index is 13.1. The number of carbonyl (C=O) groups is 1. The Morgan fingerprint density at radius 3 is 2.32 bits per heavy atom. The summed E-state index contributed by atoms with van der Waals surface area (Å²) in [7, 11) is -6.86. The van der Waals surface area contributed by atoms with E-state index in [9.17, 15) is 21.6 Å². The van der Waals surface area contributed by atoms with Crippen LogP contribution in [0.2, 0.25) is 0 Å². The zero-order valence-corrected chi connectivity index (χ0v) is 18.6. The van der Waals surface area contributed by atoms with Crippen LogP contribution in [0.5, 0.6) is 0 Å². The standard InChI is InChI=1S/C19H30N2O5S2/c1-5-27(23,24)11-8-20-19(22)17-12-15(3)16(4)18(13-17)28(25,26)21-9-6-14(2)7-10-21/h12-14H,5-11H2,1-4H3,(H,20,22). The van der Waals surface area contributed by atoms with Crippen molar-refractivity contribution < 1.29 is 21.6 Å². The molecule has 1 aromatic rings. The first-order valence-electron chi connectivity index (χ1n) is 9.58. The number of piperidine rings is 1. The van der Waals surface area contributed by atoms with Crippen LogP contribution in [0.25, 0.3) is 0 Å². The molecule has 1 heterocycles. The average Bonchev–Trinajstić information content (AvgIpc) is 2.63. The number of benzene rings is 1. The number of aryl methyl sites for hydroxylation is 1. The Bertz CT molecular complexity index is 931. The minimum absolute atomic E-state index is 0.00593. The quantitative estimate of drug-likeness (QED) is 0.712. The van der Waals surface area contributed by atoms with Gasteiger partial charge in [0.2, 0.25) is 10.0 Å². The van der Waals surface area contributed by atoms with Crippen LogP contribution in [-0.2, 0) is 19.9 Å². The van der Waals surface area contributed by atoms with E-state index in [0.717, 1.165) is 12.8 Å². The van der Waals surface area contributed by atoms with E-state index in [1.165, 1.54) is 10.4 Å². The van der Waals surface area contributed by atoms with Gasteiger partial charge in [-0.2, -0.15) is 4.31 Å². The highest BCUT2D eigenvalue weighted by molar-refractivity contribution is 7.91. The molecular formula is C19H30N2O5S2. The van der Waals surface area contributed by atoms with Gasteiger partial charge in [-0.05, 0) is 55.9 Å².